The van der Waals surface area contributed by atoms with Crippen LogP contribution < -0.4 is 14.8 Å². The van der Waals surface area contributed by atoms with Crippen molar-refractivity contribution in [3.8, 4) is 11.1 Å². The van der Waals surface area contributed by atoms with Gasteiger partial charge >= 0.3 is 5.63 Å². The lowest BCUT2D eigenvalue weighted by molar-refractivity contribution is -0.116. The highest BCUT2D eigenvalue weighted by molar-refractivity contribution is 7.92. The smallest absolute Gasteiger partial charge is 0.336 e. The maximum atomic E-state index is 13.8. The van der Waals surface area contributed by atoms with Crippen molar-refractivity contribution in [2.24, 2.45) is 0 Å². The minimum Gasteiger partial charge on any atom is -0.423 e. The van der Waals surface area contributed by atoms with Gasteiger partial charge in [-0.15, -0.1) is 0 Å². The number of rotatable bonds is 2. The molecule has 8 heteroatoms. The average molecular weight is 475 g/mol. The summed E-state index contributed by atoms with van der Waals surface area (Å²) >= 11 is 0. The Morgan fingerprint density at radius 1 is 0.824 bits per heavy atom. The van der Waals surface area contributed by atoms with Crippen molar-refractivity contribution < 1.29 is 17.6 Å². The quantitative estimate of drug-likeness (QED) is 0.406. The van der Waals surface area contributed by atoms with Crippen LogP contribution in [-0.2, 0) is 14.8 Å². The number of carbonyl (C=O) groups excluding carboxylic acids is 1. The molecule has 34 heavy (non-hydrogen) atoms. The third-order valence-corrected chi connectivity index (χ3v) is 7.87. The molecule has 0 saturated heterocycles. The predicted octanol–water partition coefficient (Wildman–Crippen LogP) is 4.25. The van der Waals surface area contributed by atoms with Gasteiger partial charge in [0.05, 0.1) is 16.3 Å². The lowest BCUT2D eigenvalue weighted by atomic mass is 9.94. The average Bonchev–Trinajstić information content (AvgIpc) is 2.81. The molecule has 0 N–H and O–H groups in total. The van der Waals surface area contributed by atoms with Crippen molar-refractivity contribution in [1.82, 2.24) is 0 Å². The second kappa shape index (κ2) is 7.85. The Kier molecular flexibility index (Phi) is 5.06. The van der Waals surface area contributed by atoms with Crippen molar-refractivity contribution in [1.29, 1.82) is 0 Å². The molecule has 0 aliphatic carbocycles. The van der Waals surface area contributed by atoms with Gasteiger partial charge in [-0.2, -0.15) is 0 Å². The summed E-state index contributed by atoms with van der Waals surface area (Å²) in [4.78, 5) is 26.7. The number of sulfonamides is 1. The molecule has 0 bridgehead atoms. The molecule has 5 rings (SSSR count). The minimum atomic E-state index is -4.05. The topological polar surface area (TPSA) is 87.9 Å². The van der Waals surface area contributed by atoms with E-state index in [1.807, 2.05) is 26.0 Å². The van der Waals surface area contributed by atoms with Gasteiger partial charge in [-0.05, 0) is 56.3 Å². The van der Waals surface area contributed by atoms with Gasteiger partial charge in [-0.3, -0.25) is 9.10 Å². The van der Waals surface area contributed by atoms with Crippen LogP contribution in [0.1, 0.15) is 11.1 Å². The van der Waals surface area contributed by atoms with E-state index in [-0.39, 0.29) is 17.3 Å². The maximum Gasteiger partial charge on any atom is 0.336 e. The number of amides is 1. The fourth-order valence-electron chi connectivity index (χ4n) is 4.27. The van der Waals surface area contributed by atoms with E-state index in [0.717, 1.165) is 15.4 Å². The summed E-state index contributed by atoms with van der Waals surface area (Å²) in [5.74, 6) is -0.389. The summed E-state index contributed by atoms with van der Waals surface area (Å²) in [6, 6.07) is 18.3. The Bertz CT molecular complexity index is 1620. The monoisotopic (exact) mass is 474 g/mol. The number of fused-ring (bicyclic) bond motifs is 5. The van der Waals surface area contributed by atoms with Crippen LogP contribution >= 0.6 is 0 Å². The van der Waals surface area contributed by atoms with Gasteiger partial charge in [0.25, 0.3) is 10.0 Å². The van der Waals surface area contributed by atoms with E-state index in [1.54, 1.807) is 55.6 Å². The SMILES string of the molecule is Cc1ccc(S(=O)(=O)N2CC(=O)N(C)c3ccc4oc(=O)ccc4c3-c3cc(C)ccc32)cc1. The summed E-state index contributed by atoms with van der Waals surface area (Å²) in [7, 11) is -2.44. The fraction of sp³-hybridized carbons (Fsp3) is 0.154. The molecule has 0 radical (unpaired) electrons. The number of likely N-dealkylation sites (N-methyl/N-ethyl adjacent to an activating group) is 1. The molecule has 2 heterocycles. The van der Waals surface area contributed by atoms with Gasteiger partial charge in [0, 0.05) is 29.6 Å². The van der Waals surface area contributed by atoms with Crippen molar-refractivity contribution >= 4 is 38.3 Å². The molecule has 1 aromatic heterocycles. The number of carbonyl (C=O) groups is 1. The second-order valence-electron chi connectivity index (χ2n) is 8.42. The highest BCUT2D eigenvalue weighted by Gasteiger charge is 2.34. The normalized spacial score (nSPS) is 13.9. The number of anilines is 2. The van der Waals surface area contributed by atoms with E-state index in [1.165, 1.54) is 11.0 Å². The lowest BCUT2D eigenvalue weighted by Crippen LogP contribution is -2.43. The van der Waals surface area contributed by atoms with Gasteiger partial charge < -0.3 is 9.32 Å². The third kappa shape index (κ3) is 3.47. The molecule has 1 aliphatic heterocycles. The molecule has 0 saturated carbocycles. The second-order valence-corrected chi connectivity index (χ2v) is 10.3. The summed E-state index contributed by atoms with van der Waals surface area (Å²) in [5.41, 5.74) is 3.95. The minimum absolute atomic E-state index is 0.102. The number of benzene rings is 3. The van der Waals surface area contributed by atoms with Crippen molar-refractivity contribution in [3.63, 3.8) is 0 Å². The predicted molar refractivity (Wildman–Crippen MR) is 132 cm³/mol. The zero-order chi connectivity index (χ0) is 24.2. The van der Waals surface area contributed by atoms with Crippen molar-refractivity contribution in [3.05, 3.63) is 88.3 Å². The molecular weight excluding hydrogens is 452 g/mol. The van der Waals surface area contributed by atoms with Crippen molar-refractivity contribution in [2.45, 2.75) is 18.7 Å². The van der Waals surface area contributed by atoms with E-state index in [4.69, 9.17) is 4.42 Å². The van der Waals surface area contributed by atoms with Crippen LogP contribution in [0.15, 0.2) is 80.8 Å². The Morgan fingerprint density at radius 3 is 2.24 bits per heavy atom. The first-order valence-corrected chi connectivity index (χ1v) is 12.1. The highest BCUT2D eigenvalue weighted by atomic mass is 32.2. The number of hydrogen-bond donors (Lipinski definition) is 0. The van der Waals surface area contributed by atoms with Crippen LogP contribution in [0.4, 0.5) is 11.4 Å². The zero-order valence-corrected chi connectivity index (χ0v) is 19.7. The first-order chi connectivity index (χ1) is 16.2. The van der Waals surface area contributed by atoms with E-state index in [9.17, 15) is 18.0 Å². The van der Waals surface area contributed by atoms with Crippen LogP contribution in [0.5, 0.6) is 0 Å². The van der Waals surface area contributed by atoms with Gasteiger partial charge in [-0.1, -0.05) is 29.3 Å². The molecule has 3 aromatic carbocycles. The molecule has 0 fully saturated rings. The Balaban J connectivity index is 1.86. The highest BCUT2D eigenvalue weighted by Crippen LogP contribution is 2.44. The Labute approximate surface area is 196 Å². The molecule has 172 valence electrons. The molecule has 0 unspecified atom stereocenters. The molecule has 0 atom stereocenters. The van der Waals surface area contributed by atoms with E-state index < -0.39 is 15.6 Å². The van der Waals surface area contributed by atoms with Crippen LogP contribution in [0.25, 0.3) is 22.1 Å². The molecule has 1 amide bonds. The van der Waals surface area contributed by atoms with Gasteiger partial charge in [0.2, 0.25) is 5.91 Å². The molecule has 4 aromatic rings. The maximum absolute atomic E-state index is 13.8. The van der Waals surface area contributed by atoms with Crippen LogP contribution in [0, 0.1) is 13.8 Å². The Hall–Kier alpha value is -3.91. The van der Waals surface area contributed by atoms with E-state index in [2.05, 4.69) is 0 Å². The zero-order valence-electron chi connectivity index (χ0n) is 18.9. The summed E-state index contributed by atoms with van der Waals surface area (Å²) < 4.78 is 34.1. The number of hydrogen-bond acceptors (Lipinski definition) is 5. The van der Waals surface area contributed by atoms with Gasteiger partial charge in [-0.25, -0.2) is 13.2 Å². The van der Waals surface area contributed by atoms with Gasteiger partial charge in [0.15, 0.2) is 0 Å². The van der Waals surface area contributed by atoms with Crippen LogP contribution in [0.2, 0.25) is 0 Å². The first-order valence-electron chi connectivity index (χ1n) is 10.7. The molecule has 0 spiro atoms. The number of aryl methyl sites for hydroxylation is 2. The van der Waals surface area contributed by atoms with Crippen molar-refractivity contribution in [2.75, 3.05) is 22.8 Å². The molecule has 7 nitrogen and oxygen atoms in total. The molecule has 1 aliphatic rings. The van der Waals surface area contributed by atoms with Crippen LogP contribution in [0.3, 0.4) is 0 Å². The first kappa shape index (κ1) is 21.9. The molecular formula is C26H22N2O5S. The summed E-state index contributed by atoms with van der Waals surface area (Å²) in [5, 5.41) is 0.609. The third-order valence-electron chi connectivity index (χ3n) is 6.09. The largest absolute Gasteiger partial charge is 0.423 e. The Morgan fingerprint density at radius 2 is 1.50 bits per heavy atom. The number of nitrogens with zero attached hydrogens (tertiary/aromatic N) is 2. The standard InChI is InChI=1S/C26H22N2O5S/c1-16-4-7-18(8-5-16)34(31,32)28-15-24(29)27(3)22-11-12-23-19(9-13-25(30)33-23)26(22)20-14-17(2)6-10-21(20)28/h4-14H,15H2,1-3H3. The summed E-state index contributed by atoms with van der Waals surface area (Å²) in [6.45, 7) is 3.44. The van der Waals surface area contributed by atoms with Gasteiger partial charge in [0.1, 0.15) is 12.1 Å². The van der Waals surface area contributed by atoms with E-state index in [0.29, 0.717) is 33.5 Å². The summed E-state index contributed by atoms with van der Waals surface area (Å²) in [6.07, 6.45) is 0. The van der Waals surface area contributed by atoms with E-state index >= 15 is 0 Å². The lowest BCUT2D eigenvalue weighted by Gasteiger charge is -2.33. The van der Waals surface area contributed by atoms with Crippen LogP contribution in [-0.4, -0.2) is 27.9 Å². The fourth-order valence-corrected chi connectivity index (χ4v) is 5.70.